The summed E-state index contributed by atoms with van der Waals surface area (Å²) in [5, 5.41) is 0.398. The number of rotatable bonds is 14. The van der Waals surface area contributed by atoms with Gasteiger partial charge in [-0.1, -0.05) is 72.6 Å². The maximum Gasteiger partial charge on any atom is 0.345 e. The maximum absolute atomic E-state index is 13.5. The van der Waals surface area contributed by atoms with E-state index in [1.165, 1.54) is 45.6 Å². The molecule has 2 rings (SSSR count). The zero-order chi connectivity index (χ0) is 27.0. The van der Waals surface area contributed by atoms with Crippen molar-refractivity contribution in [2.75, 3.05) is 14.2 Å². The molecule has 0 saturated heterocycles. The van der Waals surface area contributed by atoms with Gasteiger partial charge in [0, 0.05) is 12.0 Å². The van der Waals surface area contributed by atoms with Crippen LogP contribution in [0.4, 0.5) is 0 Å². The first kappa shape index (κ1) is 29.9. The molecule has 1 aromatic heterocycles. The largest absolute Gasteiger partial charge is 0.496 e. The number of ether oxygens (including phenoxy) is 2. The highest BCUT2D eigenvalue weighted by molar-refractivity contribution is 5.96. The molecule has 0 unspecified atom stereocenters. The maximum atomic E-state index is 13.5. The standard InChI is InChI=1S/C31H48O5/c1-19(2)13-10-14-20(3)15-11-16-21(4)17-12-18-25-27(31(33)35-9)28(32)26-24(7)29(34-8)22(5)23(6)30(26)36-25/h19-21H,10-18H2,1-9H3/t20-,21+/m1/s1. The van der Waals surface area contributed by atoms with E-state index in [2.05, 4.69) is 27.7 Å². The fraction of sp³-hybridized carbons (Fsp3) is 0.677. The van der Waals surface area contributed by atoms with Gasteiger partial charge in [0.2, 0.25) is 5.43 Å². The zero-order valence-corrected chi connectivity index (χ0v) is 24.1. The molecule has 0 fully saturated rings. The fourth-order valence-corrected chi connectivity index (χ4v) is 5.30. The molecule has 0 aliphatic heterocycles. The summed E-state index contributed by atoms with van der Waals surface area (Å²) in [6.45, 7) is 15.0. The summed E-state index contributed by atoms with van der Waals surface area (Å²) < 4.78 is 16.8. The Morgan fingerprint density at radius 3 is 1.89 bits per heavy atom. The third-order valence-corrected chi connectivity index (χ3v) is 7.71. The number of carbonyl (C=O) groups is 1. The minimum atomic E-state index is -0.642. The van der Waals surface area contributed by atoms with E-state index in [0.717, 1.165) is 35.8 Å². The quantitative estimate of drug-likeness (QED) is 0.245. The summed E-state index contributed by atoms with van der Waals surface area (Å²) in [6.07, 6.45) is 10.2. The highest BCUT2D eigenvalue weighted by Crippen LogP contribution is 2.34. The lowest BCUT2D eigenvalue weighted by molar-refractivity contribution is 0.0595. The lowest BCUT2D eigenvalue weighted by Gasteiger charge is -2.17. The Hall–Kier alpha value is -2.30. The van der Waals surface area contributed by atoms with Crippen LogP contribution in [0.1, 0.15) is 112 Å². The van der Waals surface area contributed by atoms with E-state index in [-0.39, 0.29) is 11.0 Å². The summed E-state index contributed by atoms with van der Waals surface area (Å²) in [4.78, 5) is 26.1. The molecular formula is C31H48O5. The molecule has 0 aliphatic carbocycles. The second-order valence-electron chi connectivity index (χ2n) is 11.2. The Labute approximate surface area is 217 Å². The first-order chi connectivity index (χ1) is 17.0. The third-order valence-electron chi connectivity index (χ3n) is 7.71. The Bertz CT molecular complexity index is 1080. The average molecular weight is 501 g/mol. The molecule has 0 spiro atoms. The van der Waals surface area contributed by atoms with Crippen molar-refractivity contribution >= 4 is 16.9 Å². The molecule has 0 radical (unpaired) electrons. The van der Waals surface area contributed by atoms with Crippen LogP contribution in [-0.4, -0.2) is 20.2 Å². The molecule has 36 heavy (non-hydrogen) atoms. The van der Waals surface area contributed by atoms with Gasteiger partial charge < -0.3 is 13.9 Å². The van der Waals surface area contributed by atoms with Crippen LogP contribution in [0.2, 0.25) is 0 Å². The van der Waals surface area contributed by atoms with Crippen molar-refractivity contribution in [1.82, 2.24) is 0 Å². The molecule has 5 heteroatoms. The highest BCUT2D eigenvalue weighted by atomic mass is 16.5. The monoisotopic (exact) mass is 500 g/mol. The van der Waals surface area contributed by atoms with Crippen LogP contribution in [0.25, 0.3) is 11.0 Å². The number of benzene rings is 1. The van der Waals surface area contributed by atoms with Crippen LogP contribution in [0, 0.1) is 38.5 Å². The van der Waals surface area contributed by atoms with Crippen LogP contribution < -0.4 is 10.2 Å². The molecule has 1 heterocycles. The lowest BCUT2D eigenvalue weighted by Crippen LogP contribution is -2.21. The van der Waals surface area contributed by atoms with Crippen molar-refractivity contribution in [3.8, 4) is 5.75 Å². The molecule has 5 nitrogen and oxygen atoms in total. The number of hydrogen-bond donors (Lipinski definition) is 0. The molecule has 1 aromatic carbocycles. The van der Waals surface area contributed by atoms with Crippen molar-refractivity contribution in [2.45, 2.75) is 106 Å². The number of esters is 1. The SMILES string of the molecule is COC(=O)c1c(CCC[C@@H](C)CCC[C@H](C)CCCC(C)C)oc2c(C)c(C)c(OC)c(C)c2c1=O. The van der Waals surface area contributed by atoms with Crippen molar-refractivity contribution in [3.63, 3.8) is 0 Å². The summed E-state index contributed by atoms with van der Waals surface area (Å²) >= 11 is 0. The van der Waals surface area contributed by atoms with Crippen LogP contribution >= 0.6 is 0 Å². The smallest absolute Gasteiger partial charge is 0.345 e. The van der Waals surface area contributed by atoms with Crippen LogP contribution in [0.3, 0.4) is 0 Å². The number of fused-ring (bicyclic) bond motifs is 1. The molecule has 0 bridgehead atoms. The van der Waals surface area contributed by atoms with Gasteiger partial charge in [0.15, 0.2) is 0 Å². The van der Waals surface area contributed by atoms with Gasteiger partial charge in [-0.2, -0.15) is 0 Å². The van der Waals surface area contributed by atoms with E-state index >= 15 is 0 Å². The minimum Gasteiger partial charge on any atom is -0.496 e. The predicted octanol–water partition coefficient (Wildman–Crippen LogP) is 8.10. The van der Waals surface area contributed by atoms with E-state index in [1.807, 2.05) is 20.8 Å². The Morgan fingerprint density at radius 2 is 1.36 bits per heavy atom. The number of carbonyl (C=O) groups excluding carboxylic acids is 1. The van der Waals surface area contributed by atoms with E-state index in [9.17, 15) is 9.59 Å². The molecular weight excluding hydrogens is 452 g/mol. The Morgan fingerprint density at radius 1 is 0.806 bits per heavy atom. The first-order valence-electron chi connectivity index (χ1n) is 13.7. The zero-order valence-electron chi connectivity index (χ0n) is 24.1. The second-order valence-corrected chi connectivity index (χ2v) is 11.2. The topological polar surface area (TPSA) is 65.7 Å². The van der Waals surface area contributed by atoms with E-state index in [0.29, 0.717) is 40.4 Å². The van der Waals surface area contributed by atoms with E-state index < -0.39 is 5.97 Å². The lowest BCUT2D eigenvalue weighted by atomic mass is 9.91. The predicted molar refractivity (Wildman–Crippen MR) is 148 cm³/mol. The summed E-state index contributed by atoms with van der Waals surface area (Å²) in [6, 6.07) is 0. The number of aryl methyl sites for hydroxylation is 3. The average Bonchev–Trinajstić information content (AvgIpc) is 2.82. The van der Waals surface area contributed by atoms with Gasteiger partial charge >= 0.3 is 5.97 Å². The van der Waals surface area contributed by atoms with Crippen LogP contribution in [0.15, 0.2) is 9.21 Å². The summed E-state index contributed by atoms with van der Waals surface area (Å²) in [5.41, 5.74) is 2.71. The van der Waals surface area contributed by atoms with Gasteiger partial charge in [-0.3, -0.25) is 4.79 Å². The molecule has 2 aromatic rings. The summed E-state index contributed by atoms with van der Waals surface area (Å²) in [7, 11) is 2.89. The number of methoxy groups -OCH3 is 2. The second kappa shape index (κ2) is 13.9. The van der Waals surface area contributed by atoms with Crippen molar-refractivity contribution < 1.29 is 18.7 Å². The molecule has 0 N–H and O–H groups in total. The van der Waals surface area contributed by atoms with Crippen molar-refractivity contribution in [1.29, 1.82) is 0 Å². The van der Waals surface area contributed by atoms with Gasteiger partial charge in [-0.25, -0.2) is 4.79 Å². The fourth-order valence-electron chi connectivity index (χ4n) is 5.30. The van der Waals surface area contributed by atoms with Gasteiger partial charge in [0.25, 0.3) is 0 Å². The van der Waals surface area contributed by atoms with E-state index in [4.69, 9.17) is 13.9 Å². The highest BCUT2D eigenvalue weighted by Gasteiger charge is 2.26. The first-order valence-corrected chi connectivity index (χ1v) is 13.7. The van der Waals surface area contributed by atoms with Gasteiger partial charge in [-0.15, -0.1) is 0 Å². The van der Waals surface area contributed by atoms with Gasteiger partial charge in [0.1, 0.15) is 22.7 Å². The minimum absolute atomic E-state index is 0.0151. The van der Waals surface area contributed by atoms with Gasteiger partial charge in [-0.05, 0) is 56.1 Å². The van der Waals surface area contributed by atoms with Crippen molar-refractivity contribution in [2.24, 2.45) is 17.8 Å². The molecule has 0 amide bonds. The Balaban J connectivity index is 2.11. The normalized spacial score (nSPS) is 13.3. The van der Waals surface area contributed by atoms with Gasteiger partial charge in [0.05, 0.1) is 19.6 Å². The van der Waals surface area contributed by atoms with Crippen molar-refractivity contribution in [3.05, 3.63) is 38.2 Å². The molecule has 0 saturated carbocycles. The van der Waals surface area contributed by atoms with E-state index in [1.54, 1.807) is 7.11 Å². The van der Waals surface area contributed by atoms with Crippen LogP contribution in [0.5, 0.6) is 5.75 Å². The third kappa shape index (κ3) is 7.36. The number of hydrogen-bond acceptors (Lipinski definition) is 5. The summed E-state index contributed by atoms with van der Waals surface area (Å²) in [5.74, 6) is 2.62. The molecule has 0 aliphatic rings. The Kier molecular flexibility index (Phi) is 11.5. The van der Waals surface area contributed by atoms with Crippen LogP contribution in [-0.2, 0) is 11.2 Å². The molecule has 2 atom stereocenters. The molecule has 202 valence electrons.